The zero-order valence-electron chi connectivity index (χ0n) is 13.7. The number of nitrogens with one attached hydrogen (secondary N) is 1. The highest BCUT2D eigenvalue weighted by molar-refractivity contribution is 8.15. The molecule has 2 rings (SSSR count). The van der Waals surface area contributed by atoms with Gasteiger partial charge < -0.3 is 19.9 Å². The van der Waals surface area contributed by atoms with Crippen molar-refractivity contribution in [3.05, 3.63) is 27.8 Å². The highest BCUT2D eigenvalue weighted by Gasteiger charge is 2.32. The lowest BCUT2D eigenvalue weighted by atomic mass is 10.1. The van der Waals surface area contributed by atoms with E-state index in [-0.39, 0.29) is 34.3 Å². The lowest BCUT2D eigenvalue weighted by Crippen LogP contribution is -2.26. The third kappa shape index (κ3) is 4.27. The van der Waals surface area contributed by atoms with Gasteiger partial charge in [0.15, 0.2) is 16.7 Å². The fourth-order valence-electron chi connectivity index (χ4n) is 2.11. The summed E-state index contributed by atoms with van der Waals surface area (Å²) in [6, 6.07) is 2.63. The summed E-state index contributed by atoms with van der Waals surface area (Å²) in [4.78, 5) is 32.9. The van der Waals surface area contributed by atoms with Crippen LogP contribution in [0.2, 0.25) is 0 Å². The summed E-state index contributed by atoms with van der Waals surface area (Å²) in [6.07, 6.45) is 0.748. The van der Waals surface area contributed by atoms with Crippen LogP contribution < -0.4 is 14.8 Å². The van der Waals surface area contributed by atoms with E-state index in [9.17, 15) is 19.7 Å². The predicted octanol–water partition coefficient (Wildman–Crippen LogP) is 1.01. The summed E-state index contributed by atoms with van der Waals surface area (Å²) >= 11 is 0.915. The number of carboxylic acid groups (broad SMARTS) is 1. The van der Waals surface area contributed by atoms with Gasteiger partial charge in [-0.3, -0.25) is 19.7 Å². The molecule has 12 heteroatoms. The number of amides is 1. The molecule has 1 heterocycles. The van der Waals surface area contributed by atoms with E-state index in [1.54, 1.807) is 0 Å². The topological polar surface area (TPSA) is 153 Å². The van der Waals surface area contributed by atoms with Crippen LogP contribution in [0.4, 0.5) is 5.69 Å². The third-order valence-electron chi connectivity index (χ3n) is 3.23. The van der Waals surface area contributed by atoms with E-state index in [2.05, 4.69) is 15.5 Å². The molecule has 0 radical (unpaired) electrons. The van der Waals surface area contributed by atoms with Crippen molar-refractivity contribution in [3.63, 3.8) is 0 Å². The van der Waals surface area contributed by atoms with Gasteiger partial charge in [-0.05, 0) is 6.07 Å². The van der Waals surface area contributed by atoms with Gasteiger partial charge in [-0.15, -0.1) is 5.10 Å². The molecule has 1 saturated heterocycles. The van der Waals surface area contributed by atoms with E-state index in [4.69, 9.17) is 14.6 Å². The molecule has 0 spiro atoms. The molecule has 26 heavy (non-hydrogen) atoms. The number of nitro benzene ring substituents is 1. The maximum Gasteiger partial charge on any atom is 0.305 e. The molecule has 1 aliphatic heterocycles. The summed E-state index contributed by atoms with van der Waals surface area (Å²) in [7, 11) is 2.71. The smallest absolute Gasteiger partial charge is 0.305 e. The first-order valence-electron chi connectivity index (χ1n) is 7.07. The zero-order valence-corrected chi connectivity index (χ0v) is 14.5. The molecule has 1 atom stereocenters. The highest BCUT2D eigenvalue weighted by Crippen LogP contribution is 2.36. The molecule has 138 valence electrons. The second-order valence-electron chi connectivity index (χ2n) is 4.83. The fraction of sp³-hybridized carbons (Fsp3) is 0.286. The number of carbonyl (C=O) groups excluding carboxylic acids is 1. The number of thioether (sulfide) groups is 1. The Balaban J connectivity index is 2.29. The molecule has 1 aliphatic rings. The van der Waals surface area contributed by atoms with Gasteiger partial charge in [-0.2, -0.15) is 5.10 Å². The van der Waals surface area contributed by atoms with Crippen LogP contribution in [0.25, 0.3) is 0 Å². The number of nitrogens with zero attached hydrogens (tertiary/aromatic N) is 3. The molecular formula is C14H14N4O7S. The number of carbonyl (C=O) groups is 2. The maximum atomic E-state index is 11.6. The number of amidine groups is 1. The van der Waals surface area contributed by atoms with Crippen molar-refractivity contribution in [2.24, 2.45) is 10.2 Å². The van der Waals surface area contributed by atoms with E-state index in [1.807, 2.05) is 0 Å². The number of aliphatic carboxylic acids is 1. The number of hydrogen-bond donors (Lipinski definition) is 2. The highest BCUT2D eigenvalue weighted by atomic mass is 32.2. The normalized spacial score (nSPS) is 18.2. The molecule has 0 saturated carbocycles. The molecule has 1 amide bonds. The van der Waals surface area contributed by atoms with E-state index in [0.29, 0.717) is 0 Å². The Morgan fingerprint density at radius 3 is 2.77 bits per heavy atom. The number of benzene rings is 1. The summed E-state index contributed by atoms with van der Waals surface area (Å²) in [5.74, 6) is -1.22. The van der Waals surface area contributed by atoms with Gasteiger partial charge in [0.25, 0.3) is 5.69 Å². The first-order chi connectivity index (χ1) is 12.4. The van der Waals surface area contributed by atoms with Crippen LogP contribution in [0.5, 0.6) is 11.5 Å². The summed E-state index contributed by atoms with van der Waals surface area (Å²) in [5, 5.41) is 29.1. The van der Waals surface area contributed by atoms with Gasteiger partial charge in [0.1, 0.15) is 10.8 Å². The Bertz CT molecular complexity index is 809. The molecule has 0 bridgehead atoms. The van der Waals surface area contributed by atoms with E-state index in [0.717, 1.165) is 18.0 Å². The van der Waals surface area contributed by atoms with Crippen molar-refractivity contribution in [1.29, 1.82) is 0 Å². The molecule has 1 unspecified atom stereocenters. The summed E-state index contributed by atoms with van der Waals surface area (Å²) in [5.41, 5.74) is -0.226. The van der Waals surface area contributed by atoms with Crippen LogP contribution >= 0.6 is 11.8 Å². The van der Waals surface area contributed by atoms with Gasteiger partial charge in [-0.1, -0.05) is 11.8 Å². The second kappa shape index (κ2) is 8.29. The first kappa shape index (κ1) is 19.2. The van der Waals surface area contributed by atoms with Crippen molar-refractivity contribution in [2.45, 2.75) is 11.7 Å². The number of ether oxygens (including phenoxy) is 2. The fourth-order valence-corrected chi connectivity index (χ4v) is 3.02. The minimum Gasteiger partial charge on any atom is -0.493 e. The largest absolute Gasteiger partial charge is 0.493 e. The lowest BCUT2D eigenvalue weighted by Gasteiger charge is -2.09. The van der Waals surface area contributed by atoms with E-state index >= 15 is 0 Å². The Kier molecular flexibility index (Phi) is 6.11. The maximum absolute atomic E-state index is 11.6. The molecule has 2 N–H and O–H groups in total. The van der Waals surface area contributed by atoms with Gasteiger partial charge in [-0.25, -0.2) is 0 Å². The average Bonchev–Trinajstić information content (AvgIpc) is 2.92. The Hall–Kier alpha value is -3.15. The van der Waals surface area contributed by atoms with Crippen LogP contribution in [-0.4, -0.2) is 52.8 Å². The van der Waals surface area contributed by atoms with E-state index in [1.165, 1.54) is 26.4 Å². The predicted molar refractivity (Wildman–Crippen MR) is 93.0 cm³/mol. The number of methoxy groups -OCH3 is 2. The zero-order chi connectivity index (χ0) is 19.3. The number of carboxylic acids is 1. The van der Waals surface area contributed by atoms with Crippen LogP contribution in [0.1, 0.15) is 12.0 Å². The monoisotopic (exact) mass is 382 g/mol. The quantitative estimate of drug-likeness (QED) is 0.402. The Labute approximate surface area is 151 Å². The third-order valence-corrected chi connectivity index (χ3v) is 4.30. The molecule has 1 aromatic carbocycles. The SMILES string of the molecule is COc1ccc([N+](=O)[O-])c(C=NN=C2NC(=O)C(CC(=O)O)S2)c1OC. The minimum absolute atomic E-state index is 0.0395. The van der Waals surface area contributed by atoms with Crippen molar-refractivity contribution in [3.8, 4) is 11.5 Å². The Morgan fingerprint density at radius 2 is 2.19 bits per heavy atom. The molecular weight excluding hydrogens is 368 g/mol. The van der Waals surface area contributed by atoms with Crippen molar-refractivity contribution in [2.75, 3.05) is 14.2 Å². The first-order valence-corrected chi connectivity index (χ1v) is 7.95. The molecule has 1 aromatic rings. The second-order valence-corrected chi connectivity index (χ2v) is 6.03. The number of hydrogen-bond acceptors (Lipinski definition) is 9. The number of rotatable bonds is 7. The van der Waals surface area contributed by atoms with Crippen LogP contribution in [0, 0.1) is 10.1 Å². The average molecular weight is 382 g/mol. The molecule has 0 aliphatic carbocycles. The summed E-state index contributed by atoms with van der Waals surface area (Å²) < 4.78 is 10.2. The Morgan fingerprint density at radius 1 is 1.46 bits per heavy atom. The van der Waals surface area contributed by atoms with Crippen LogP contribution in [0.15, 0.2) is 22.3 Å². The number of nitro groups is 1. The van der Waals surface area contributed by atoms with Gasteiger partial charge in [0.2, 0.25) is 5.91 Å². The van der Waals surface area contributed by atoms with Crippen LogP contribution in [0.3, 0.4) is 0 Å². The minimum atomic E-state index is -1.11. The van der Waals surface area contributed by atoms with Crippen molar-refractivity contribution >= 4 is 40.7 Å². The van der Waals surface area contributed by atoms with E-state index < -0.39 is 22.0 Å². The van der Waals surface area contributed by atoms with Crippen molar-refractivity contribution < 1.29 is 29.1 Å². The standard InChI is InChI=1S/C14H14N4O7S/c1-24-9-4-3-8(18(22)23)7(12(9)25-2)6-15-17-14-16-13(21)10(26-14)5-11(19)20/h3-4,6,10H,5H2,1-2H3,(H,19,20)(H,16,17,21). The summed E-state index contributed by atoms with van der Waals surface area (Å²) in [6.45, 7) is 0. The molecule has 1 fully saturated rings. The van der Waals surface area contributed by atoms with Gasteiger partial charge >= 0.3 is 5.97 Å². The van der Waals surface area contributed by atoms with Crippen LogP contribution in [-0.2, 0) is 9.59 Å². The lowest BCUT2D eigenvalue weighted by molar-refractivity contribution is -0.385. The van der Waals surface area contributed by atoms with Gasteiger partial charge in [0.05, 0.1) is 31.8 Å². The molecule has 11 nitrogen and oxygen atoms in total. The van der Waals surface area contributed by atoms with Crippen molar-refractivity contribution in [1.82, 2.24) is 5.32 Å². The molecule has 0 aromatic heterocycles. The van der Waals surface area contributed by atoms with Gasteiger partial charge in [0, 0.05) is 6.07 Å².